The van der Waals surface area contributed by atoms with Crippen LogP contribution in [0.25, 0.3) is 0 Å². The maximum absolute atomic E-state index is 11.6. The standard InChI is InChI=1S/C16H19N5O2/c22-15(16(23)21-12-14-6-2-4-8-19-14)20-10-9-17-11-13-5-1-3-7-18-13/h1-8,17H,9-12H2,(H,20,22)(H,21,23). The van der Waals surface area contributed by atoms with E-state index in [1.165, 1.54) is 0 Å². The Morgan fingerprint density at radius 2 is 1.39 bits per heavy atom. The lowest BCUT2D eigenvalue weighted by molar-refractivity contribution is -0.139. The third-order valence-electron chi connectivity index (χ3n) is 2.98. The summed E-state index contributed by atoms with van der Waals surface area (Å²) < 4.78 is 0. The SMILES string of the molecule is O=C(NCCNCc1ccccn1)C(=O)NCc1ccccn1. The quantitative estimate of drug-likeness (QED) is 0.494. The summed E-state index contributed by atoms with van der Waals surface area (Å²) in [6.07, 6.45) is 3.36. The Hall–Kier alpha value is -2.80. The predicted octanol–water partition coefficient (Wildman–Crippen LogP) is -0.00120. The van der Waals surface area contributed by atoms with E-state index in [1.807, 2.05) is 24.3 Å². The van der Waals surface area contributed by atoms with Crippen LogP contribution in [-0.4, -0.2) is 34.9 Å². The van der Waals surface area contributed by atoms with Gasteiger partial charge in [0.25, 0.3) is 0 Å². The molecule has 0 fully saturated rings. The van der Waals surface area contributed by atoms with Gasteiger partial charge in [-0.05, 0) is 24.3 Å². The van der Waals surface area contributed by atoms with Crippen LogP contribution in [0.2, 0.25) is 0 Å². The molecular formula is C16H19N5O2. The van der Waals surface area contributed by atoms with E-state index in [4.69, 9.17) is 0 Å². The first-order chi connectivity index (χ1) is 11.3. The van der Waals surface area contributed by atoms with Gasteiger partial charge in [0.15, 0.2) is 0 Å². The van der Waals surface area contributed by atoms with Gasteiger partial charge >= 0.3 is 11.8 Å². The zero-order valence-electron chi connectivity index (χ0n) is 12.7. The molecule has 2 amide bonds. The van der Waals surface area contributed by atoms with Crippen LogP contribution in [0.4, 0.5) is 0 Å². The highest BCUT2D eigenvalue weighted by Gasteiger charge is 2.12. The van der Waals surface area contributed by atoms with Crippen LogP contribution < -0.4 is 16.0 Å². The molecule has 0 aromatic carbocycles. The largest absolute Gasteiger partial charge is 0.347 e. The molecule has 3 N–H and O–H groups in total. The molecule has 0 unspecified atom stereocenters. The van der Waals surface area contributed by atoms with E-state index in [1.54, 1.807) is 24.5 Å². The normalized spacial score (nSPS) is 10.1. The van der Waals surface area contributed by atoms with E-state index in [-0.39, 0.29) is 6.54 Å². The molecule has 0 atom stereocenters. The number of rotatable bonds is 7. The van der Waals surface area contributed by atoms with Crippen molar-refractivity contribution in [3.8, 4) is 0 Å². The van der Waals surface area contributed by atoms with Crippen molar-refractivity contribution in [3.05, 3.63) is 60.2 Å². The molecule has 2 heterocycles. The van der Waals surface area contributed by atoms with Gasteiger partial charge in [-0.15, -0.1) is 0 Å². The molecule has 0 radical (unpaired) electrons. The van der Waals surface area contributed by atoms with Gasteiger partial charge in [-0.25, -0.2) is 0 Å². The van der Waals surface area contributed by atoms with Crippen molar-refractivity contribution >= 4 is 11.8 Å². The van der Waals surface area contributed by atoms with Crippen LogP contribution in [-0.2, 0) is 22.7 Å². The molecule has 0 saturated carbocycles. The second kappa shape index (κ2) is 9.26. The second-order valence-electron chi connectivity index (χ2n) is 4.76. The zero-order chi connectivity index (χ0) is 16.3. The van der Waals surface area contributed by atoms with Crippen molar-refractivity contribution < 1.29 is 9.59 Å². The van der Waals surface area contributed by atoms with Crippen LogP contribution in [0.3, 0.4) is 0 Å². The Balaban J connectivity index is 1.58. The topological polar surface area (TPSA) is 96.0 Å². The number of carbonyl (C=O) groups excluding carboxylic acids is 2. The summed E-state index contributed by atoms with van der Waals surface area (Å²) in [4.78, 5) is 31.5. The van der Waals surface area contributed by atoms with Gasteiger partial charge in [-0.1, -0.05) is 12.1 Å². The number of amides is 2. The number of carbonyl (C=O) groups is 2. The van der Waals surface area contributed by atoms with E-state index in [0.717, 1.165) is 5.69 Å². The monoisotopic (exact) mass is 313 g/mol. The van der Waals surface area contributed by atoms with Gasteiger partial charge in [0.1, 0.15) is 0 Å². The number of nitrogens with zero attached hydrogens (tertiary/aromatic N) is 2. The molecule has 0 spiro atoms. The third kappa shape index (κ3) is 6.23. The number of hydrogen-bond donors (Lipinski definition) is 3. The van der Waals surface area contributed by atoms with Gasteiger partial charge in [-0.3, -0.25) is 19.6 Å². The molecule has 0 aliphatic rings. The van der Waals surface area contributed by atoms with Gasteiger partial charge in [0.2, 0.25) is 0 Å². The maximum Gasteiger partial charge on any atom is 0.309 e. The molecule has 7 nitrogen and oxygen atoms in total. The minimum atomic E-state index is -0.666. The van der Waals surface area contributed by atoms with Gasteiger partial charge in [-0.2, -0.15) is 0 Å². The predicted molar refractivity (Wildman–Crippen MR) is 85.0 cm³/mol. The van der Waals surface area contributed by atoms with Crippen molar-refractivity contribution in [2.75, 3.05) is 13.1 Å². The Kier molecular flexibility index (Phi) is 6.67. The molecule has 23 heavy (non-hydrogen) atoms. The molecule has 0 aliphatic carbocycles. The highest BCUT2D eigenvalue weighted by Crippen LogP contribution is 1.92. The average Bonchev–Trinajstić information content (AvgIpc) is 2.61. The van der Waals surface area contributed by atoms with Crippen molar-refractivity contribution in [2.45, 2.75) is 13.1 Å². The fraction of sp³-hybridized carbons (Fsp3) is 0.250. The number of hydrogen-bond acceptors (Lipinski definition) is 5. The number of pyridine rings is 2. The van der Waals surface area contributed by atoms with Gasteiger partial charge in [0, 0.05) is 32.0 Å². The van der Waals surface area contributed by atoms with Crippen LogP contribution in [0, 0.1) is 0 Å². The zero-order valence-corrected chi connectivity index (χ0v) is 12.7. The van der Waals surface area contributed by atoms with E-state index in [0.29, 0.717) is 25.3 Å². The second-order valence-corrected chi connectivity index (χ2v) is 4.76. The molecular weight excluding hydrogens is 294 g/mol. The van der Waals surface area contributed by atoms with E-state index >= 15 is 0 Å². The smallest absolute Gasteiger partial charge is 0.309 e. The summed E-state index contributed by atoms with van der Waals surface area (Å²) in [5.74, 6) is -1.32. The molecule has 7 heteroatoms. The summed E-state index contributed by atoms with van der Waals surface area (Å²) in [5, 5.41) is 8.21. The summed E-state index contributed by atoms with van der Waals surface area (Å²) in [6.45, 7) is 1.76. The molecule has 2 aromatic heterocycles. The minimum absolute atomic E-state index is 0.227. The number of nitrogens with one attached hydrogen (secondary N) is 3. The van der Waals surface area contributed by atoms with E-state index in [9.17, 15) is 9.59 Å². The first-order valence-electron chi connectivity index (χ1n) is 7.32. The van der Waals surface area contributed by atoms with Crippen molar-refractivity contribution in [3.63, 3.8) is 0 Å². The Morgan fingerprint density at radius 3 is 2.00 bits per heavy atom. The lowest BCUT2D eigenvalue weighted by Gasteiger charge is -2.07. The van der Waals surface area contributed by atoms with Crippen LogP contribution in [0.15, 0.2) is 48.8 Å². The molecule has 120 valence electrons. The molecule has 0 bridgehead atoms. The first kappa shape index (κ1) is 16.6. The highest BCUT2D eigenvalue weighted by atomic mass is 16.2. The fourth-order valence-corrected chi connectivity index (χ4v) is 1.82. The molecule has 2 rings (SSSR count). The Labute approximate surface area is 134 Å². The molecule has 0 saturated heterocycles. The van der Waals surface area contributed by atoms with Crippen LogP contribution in [0.1, 0.15) is 11.4 Å². The lowest BCUT2D eigenvalue weighted by Crippen LogP contribution is -2.42. The molecule has 0 aliphatic heterocycles. The van der Waals surface area contributed by atoms with Crippen molar-refractivity contribution in [1.82, 2.24) is 25.9 Å². The summed E-state index contributed by atoms with van der Waals surface area (Å²) in [7, 11) is 0. The molecule has 2 aromatic rings. The lowest BCUT2D eigenvalue weighted by atomic mass is 10.3. The van der Waals surface area contributed by atoms with Crippen molar-refractivity contribution in [2.24, 2.45) is 0 Å². The summed E-state index contributed by atoms with van der Waals surface area (Å²) >= 11 is 0. The first-order valence-corrected chi connectivity index (χ1v) is 7.32. The number of aromatic nitrogens is 2. The van der Waals surface area contributed by atoms with Gasteiger partial charge in [0.05, 0.1) is 17.9 Å². The summed E-state index contributed by atoms with van der Waals surface area (Å²) in [6, 6.07) is 11.1. The Morgan fingerprint density at radius 1 is 0.783 bits per heavy atom. The maximum atomic E-state index is 11.6. The fourth-order valence-electron chi connectivity index (χ4n) is 1.82. The third-order valence-corrected chi connectivity index (χ3v) is 2.98. The van der Waals surface area contributed by atoms with E-state index < -0.39 is 11.8 Å². The summed E-state index contributed by atoms with van der Waals surface area (Å²) in [5.41, 5.74) is 1.62. The van der Waals surface area contributed by atoms with E-state index in [2.05, 4.69) is 25.9 Å². The van der Waals surface area contributed by atoms with Crippen LogP contribution >= 0.6 is 0 Å². The van der Waals surface area contributed by atoms with Gasteiger partial charge < -0.3 is 16.0 Å². The van der Waals surface area contributed by atoms with Crippen LogP contribution in [0.5, 0.6) is 0 Å². The Bertz CT molecular complexity index is 619. The van der Waals surface area contributed by atoms with Crippen molar-refractivity contribution in [1.29, 1.82) is 0 Å². The highest BCUT2D eigenvalue weighted by molar-refractivity contribution is 6.35. The minimum Gasteiger partial charge on any atom is -0.347 e. The average molecular weight is 313 g/mol.